The fourth-order valence-electron chi connectivity index (χ4n) is 3.02. The lowest BCUT2D eigenvalue weighted by Gasteiger charge is -2.34. The number of aromatic nitrogens is 3. The first-order valence-electron chi connectivity index (χ1n) is 7.70. The molecule has 1 amide bonds. The van der Waals surface area contributed by atoms with Gasteiger partial charge in [-0.2, -0.15) is 0 Å². The Morgan fingerprint density at radius 3 is 3.00 bits per heavy atom. The summed E-state index contributed by atoms with van der Waals surface area (Å²) in [6.07, 6.45) is 1.77. The number of carbonyl (C=O) groups is 1. The molecule has 0 aliphatic carbocycles. The number of ether oxygens (including phenoxy) is 1. The summed E-state index contributed by atoms with van der Waals surface area (Å²) in [7, 11) is 0. The number of aromatic amines is 2. The summed E-state index contributed by atoms with van der Waals surface area (Å²) >= 11 is 0. The zero-order chi connectivity index (χ0) is 15.8. The minimum absolute atomic E-state index is 0.0245. The Balaban J connectivity index is 1.67. The first kappa shape index (κ1) is 14.0. The van der Waals surface area contributed by atoms with Crippen LogP contribution in [-0.2, 0) is 4.74 Å². The number of hydrogen-bond acceptors (Lipinski definition) is 3. The summed E-state index contributed by atoms with van der Waals surface area (Å²) in [5.41, 5.74) is 2.54. The fourth-order valence-corrected chi connectivity index (χ4v) is 3.02. The van der Waals surface area contributed by atoms with Crippen molar-refractivity contribution in [1.29, 1.82) is 0 Å². The lowest BCUT2D eigenvalue weighted by molar-refractivity contribution is -0.00526. The molecule has 3 heterocycles. The molecule has 1 aliphatic rings. The molecule has 0 unspecified atom stereocenters. The van der Waals surface area contributed by atoms with Gasteiger partial charge in [0.25, 0.3) is 5.91 Å². The topological polar surface area (TPSA) is 74.0 Å². The number of para-hydroxylation sites is 1. The molecule has 4 rings (SSSR count). The van der Waals surface area contributed by atoms with Gasteiger partial charge in [0.1, 0.15) is 17.6 Å². The third kappa shape index (κ3) is 2.51. The van der Waals surface area contributed by atoms with E-state index >= 15 is 0 Å². The number of amides is 1. The Bertz CT molecular complexity index is 818. The van der Waals surface area contributed by atoms with Gasteiger partial charge in [-0.3, -0.25) is 4.79 Å². The van der Waals surface area contributed by atoms with Crippen molar-refractivity contribution in [3.63, 3.8) is 0 Å². The minimum atomic E-state index is -0.184. The number of rotatable bonds is 2. The van der Waals surface area contributed by atoms with E-state index in [1.165, 1.54) is 0 Å². The van der Waals surface area contributed by atoms with E-state index in [4.69, 9.17) is 4.74 Å². The Labute approximate surface area is 133 Å². The highest BCUT2D eigenvalue weighted by molar-refractivity contribution is 5.98. The van der Waals surface area contributed by atoms with E-state index in [2.05, 4.69) is 15.0 Å². The van der Waals surface area contributed by atoms with Gasteiger partial charge >= 0.3 is 0 Å². The van der Waals surface area contributed by atoms with Crippen molar-refractivity contribution in [2.45, 2.75) is 13.0 Å². The van der Waals surface area contributed by atoms with E-state index in [1.807, 2.05) is 42.2 Å². The average molecular weight is 310 g/mol. The lowest BCUT2D eigenvalue weighted by atomic mass is 10.2. The molecule has 2 N–H and O–H groups in total. The molecule has 0 saturated carbocycles. The second-order valence-corrected chi connectivity index (χ2v) is 5.81. The molecule has 6 heteroatoms. The largest absolute Gasteiger partial charge is 0.377 e. The molecule has 0 bridgehead atoms. The van der Waals surface area contributed by atoms with Gasteiger partial charge in [-0.15, -0.1) is 0 Å². The van der Waals surface area contributed by atoms with Crippen LogP contribution >= 0.6 is 0 Å². The second kappa shape index (κ2) is 5.55. The van der Waals surface area contributed by atoms with Crippen molar-refractivity contribution in [2.24, 2.45) is 0 Å². The number of carbonyl (C=O) groups excluding carboxylic acids is 1. The number of imidazole rings is 1. The third-order valence-corrected chi connectivity index (χ3v) is 4.19. The number of morpholine rings is 1. The van der Waals surface area contributed by atoms with E-state index in [0.29, 0.717) is 25.5 Å². The highest BCUT2D eigenvalue weighted by atomic mass is 16.5. The van der Waals surface area contributed by atoms with E-state index in [9.17, 15) is 4.79 Å². The van der Waals surface area contributed by atoms with E-state index in [1.54, 1.807) is 6.20 Å². The van der Waals surface area contributed by atoms with E-state index in [-0.39, 0.29) is 11.9 Å². The maximum Gasteiger partial charge on any atom is 0.271 e. The van der Waals surface area contributed by atoms with Gasteiger partial charge < -0.3 is 19.6 Å². The van der Waals surface area contributed by atoms with Gasteiger partial charge in [-0.25, -0.2) is 4.98 Å². The van der Waals surface area contributed by atoms with Crippen LogP contribution in [0.1, 0.15) is 28.0 Å². The van der Waals surface area contributed by atoms with Crippen molar-refractivity contribution >= 4 is 16.8 Å². The van der Waals surface area contributed by atoms with Gasteiger partial charge in [0, 0.05) is 29.3 Å². The molecule has 1 fully saturated rings. The van der Waals surface area contributed by atoms with E-state index < -0.39 is 0 Å². The zero-order valence-electron chi connectivity index (χ0n) is 12.9. The molecule has 1 aromatic carbocycles. The molecule has 23 heavy (non-hydrogen) atoms. The zero-order valence-corrected chi connectivity index (χ0v) is 12.9. The van der Waals surface area contributed by atoms with Crippen molar-refractivity contribution in [3.8, 4) is 0 Å². The standard InChI is InChI=1S/C17H18N4O2/c1-11-9-18-16(19-11)15-10-23-7-6-21(15)17(22)14-8-12-4-2-3-5-13(12)20-14/h2-5,8-9,15,20H,6-7,10H2,1H3,(H,18,19)/t15-/m1/s1. The SMILES string of the molecule is Cc1cnc([C@H]2COCCN2C(=O)c2cc3ccccc3[nH]2)[nH]1. The van der Waals surface area contributed by atoms with Crippen molar-refractivity contribution < 1.29 is 9.53 Å². The molecule has 0 radical (unpaired) electrons. The van der Waals surface area contributed by atoms with Crippen LogP contribution < -0.4 is 0 Å². The molecule has 1 saturated heterocycles. The molecular formula is C17H18N4O2. The van der Waals surface area contributed by atoms with Crippen LogP contribution in [0, 0.1) is 6.92 Å². The van der Waals surface area contributed by atoms with Crippen LogP contribution in [0.3, 0.4) is 0 Å². The van der Waals surface area contributed by atoms with Crippen LogP contribution in [0.15, 0.2) is 36.5 Å². The average Bonchev–Trinajstić information content (AvgIpc) is 3.20. The van der Waals surface area contributed by atoms with Crippen LogP contribution in [0.2, 0.25) is 0 Å². The quantitative estimate of drug-likeness (QED) is 0.763. The minimum Gasteiger partial charge on any atom is -0.377 e. The Hall–Kier alpha value is -2.60. The van der Waals surface area contributed by atoms with Crippen molar-refractivity contribution in [3.05, 3.63) is 53.7 Å². The molecule has 118 valence electrons. The van der Waals surface area contributed by atoms with Gasteiger partial charge in [-0.1, -0.05) is 18.2 Å². The molecule has 2 aromatic heterocycles. The number of aryl methyl sites for hydroxylation is 1. The Morgan fingerprint density at radius 1 is 1.35 bits per heavy atom. The molecule has 1 aliphatic heterocycles. The summed E-state index contributed by atoms with van der Waals surface area (Å²) in [4.78, 5) is 25.6. The number of benzene rings is 1. The van der Waals surface area contributed by atoms with Crippen molar-refractivity contribution in [2.75, 3.05) is 19.8 Å². The smallest absolute Gasteiger partial charge is 0.271 e. The maximum absolute atomic E-state index is 13.0. The van der Waals surface area contributed by atoms with Gasteiger partial charge in [-0.05, 0) is 19.1 Å². The van der Waals surface area contributed by atoms with Crippen LogP contribution in [-0.4, -0.2) is 45.5 Å². The predicted octanol–water partition coefficient (Wildman–Crippen LogP) is 2.41. The molecular weight excluding hydrogens is 292 g/mol. The molecule has 0 spiro atoms. The molecule has 1 atom stereocenters. The summed E-state index contributed by atoms with van der Waals surface area (Å²) in [5.74, 6) is 0.746. The van der Waals surface area contributed by atoms with Crippen LogP contribution in [0.4, 0.5) is 0 Å². The van der Waals surface area contributed by atoms with Crippen molar-refractivity contribution in [1.82, 2.24) is 19.9 Å². The molecule has 6 nitrogen and oxygen atoms in total. The normalized spacial score (nSPS) is 18.5. The summed E-state index contributed by atoms with van der Waals surface area (Å²) in [5, 5.41) is 1.04. The number of nitrogens with zero attached hydrogens (tertiary/aromatic N) is 2. The number of hydrogen-bond donors (Lipinski definition) is 2. The van der Waals surface area contributed by atoms with Gasteiger partial charge in [0.05, 0.1) is 13.2 Å². The number of nitrogens with one attached hydrogen (secondary N) is 2. The summed E-state index contributed by atoms with van der Waals surface area (Å²) < 4.78 is 5.56. The second-order valence-electron chi connectivity index (χ2n) is 5.81. The van der Waals surface area contributed by atoms with Gasteiger partial charge in [0.2, 0.25) is 0 Å². The maximum atomic E-state index is 13.0. The fraction of sp³-hybridized carbons (Fsp3) is 0.294. The number of fused-ring (bicyclic) bond motifs is 1. The lowest BCUT2D eigenvalue weighted by Crippen LogP contribution is -2.44. The Morgan fingerprint density at radius 2 is 2.22 bits per heavy atom. The highest BCUT2D eigenvalue weighted by Crippen LogP contribution is 2.25. The van der Waals surface area contributed by atoms with E-state index in [0.717, 1.165) is 22.4 Å². The van der Waals surface area contributed by atoms with Gasteiger partial charge in [0.15, 0.2) is 0 Å². The predicted molar refractivity (Wildman–Crippen MR) is 86.2 cm³/mol. The number of H-pyrrole nitrogens is 2. The molecule has 3 aromatic rings. The Kier molecular flexibility index (Phi) is 3.38. The highest BCUT2D eigenvalue weighted by Gasteiger charge is 2.31. The first-order chi connectivity index (χ1) is 11.2. The van der Waals surface area contributed by atoms with Crippen LogP contribution in [0.25, 0.3) is 10.9 Å². The van der Waals surface area contributed by atoms with Crippen LogP contribution in [0.5, 0.6) is 0 Å². The monoisotopic (exact) mass is 310 g/mol. The first-order valence-corrected chi connectivity index (χ1v) is 7.70. The third-order valence-electron chi connectivity index (χ3n) is 4.19. The summed E-state index contributed by atoms with van der Waals surface area (Å²) in [6.45, 7) is 3.50. The summed E-state index contributed by atoms with van der Waals surface area (Å²) in [6, 6.07) is 9.60.